The molecule has 0 spiro atoms. The number of amides is 1. The first-order valence-corrected chi connectivity index (χ1v) is 15.4. The minimum Gasteiger partial charge on any atom is -0.492 e. The van der Waals surface area contributed by atoms with Gasteiger partial charge in [-0.1, -0.05) is 0 Å². The van der Waals surface area contributed by atoms with E-state index in [1.807, 2.05) is 6.08 Å². The third-order valence-electron chi connectivity index (χ3n) is 9.57. The van der Waals surface area contributed by atoms with Crippen LogP contribution in [0.25, 0.3) is 0 Å². The van der Waals surface area contributed by atoms with Gasteiger partial charge in [0.1, 0.15) is 24.1 Å². The molecule has 43 heavy (non-hydrogen) atoms. The zero-order valence-corrected chi connectivity index (χ0v) is 25.1. The van der Waals surface area contributed by atoms with Crippen molar-refractivity contribution in [2.75, 3.05) is 33.2 Å². The van der Waals surface area contributed by atoms with Crippen LogP contribution in [0.15, 0.2) is 11.8 Å². The predicted octanol–water partition coefficient (Wildman–Crippen LogP) is -4.94. The Morgan fingerprint density at radius 1 is 1.23 bits per heavy atom. The van der Waals surface area contributed by atoms with Gasteiger partial charge < -0.3 is 73.5 Å². The summed E-state index contributed by atoms with van der Waals surface area (Å²) in [6.07, 6.45) is -2.68. The van der Waals surface area contributed by atoms with Crippen molar-refractivity contribution < 1.29 is 39.8 Å². The lowest BCUT2D eigenvalue weighted by Crippen LogP contribution is -2.68. The van der Waals surface area contributed by atoms with Crippen molar-refractivity contribution in [2.45, 2.75) is 118 Å². The molecule has 2 aliphatic heterocycles. The Bertz CT molecular complexity index is 960. The third-order valence-corrected chi connectivity index (χ3v) is 9.57. The first kappa shape index (κ1) is 34.4. The Kier molecular flexibility index (Phi) is 11.8. The Balaban J connectivity index is 1.49. The summed E-state index contributed by atoms with van der Waals surface area (Å²) in [7, 11) is 1.64. The molecule has 1 amide bonds. The second-order valence-corrected chi connectivity index (χ2v) is 12.9. The molecule has 15 nitrogen and oxygen atoms in total. The Morgan fingerprint density at radius 3 is 2.63 bits per heavy atom. The molecule has 1 saturated heterocycles. The lowest BCUT2D eigenvalue weighted by molar-refractivity contribution is -0.200. The standard InChI is InChI=1S/C28H53N7O8/c1-28(41)6-5-20(22(38)26(28)32-2)43-25-18(35-27(40)19(37)9-29)8-17(31)21(23(25)39)24-16(30)4-3-15(42-24)12-33-10-13-7-14(36)11-34-13/h3,13-14,16-26,32-34,36-39,41H,4-12,29-31H2,1-2H3,(H,35,40)/t13-,14+,16-,17+,18-,19+,20+,21?,22+,23+,24+,25+,26-,28+/m1/s1. The van der Waals surface area contributed by atoms with Crippen LogP contribution in [0, 0.1) is 5.92 Å². The maximum Gasteiger partial charge on any atom is 0.250 e. The Labute approximate surface area is 252 Å². The van der Waals surface area contributed by atoms with E-state index in [4.69, 9.17) is 26.7 Å². The summed E-state index contributed by atoms with van der Waals surface area (Å²) in [4.78, 5) is 12.6. The van der Waals surface area contributed by atoms with Gasteiger partial charge in [-0.3, -0.25) is 4.79 Å². The molecule has 0 aromatic heterocycles. The van der Waals surface area contributed by atoms with Crippen LogP contribution >= 0.6 is 0 Å². The van der Waals surface area contributed by atoms with Crippen molar-refractivity contribution >= 4 is 5.91 Å². The maximum atomic E-state index is 12.6. The predicted molar refractivity (Wildman–Crippen MR) is 157 cm³/mol. The molecular weight excluding hydrogens is 562 g/mol. The molecule has 2 heterocycles. The van der Waals surface area contributed by atoms with Crippen molar-refractivity contribution in [3.05, 3.63) is 11.8 Å². The SMILES string of the molecule is CN[C@@H]1[C@@H](O)[C@@H](O[C@H]2[C@H](NC(=O)[C@@H](O)CN)C[C@H](N)C([C@H]3OC(CNC[C@H]4C[C@H](O)CN4)=CC[C@H]3N)[C@@H]2O)CC[C@]1(C)O. The molecule has 3 fully saturated rings. The summed E-state index contributed by atoms with van der Waals surface area (Å²) in [6, 6.07) is -2.44. The largest absolute Gasteiger partial charge is 0.492 e. The zero-order chi connectivity index (χ0) is 31.5. The van der Waals surface area contributed by atoms with Gasteiger partial charge in [0.15, 0.2) is 0 Å². The monoisotopic (exact) mass is 615 g/mol. The van der Waals surface area contributed by atoms with E-state index in [2.05, 4.69) is 21.3 Å². The summed E-state index contributed by atoms with van der Waals surface area (Å²) in [5.41, 5.74) is 17.4. The minimum atomic E-state index is -1.45. The smallest absolute Gasteiger partial charge is 0.250 e. The number of nitrogens with one attached hydrogen (secondary N) is 4. The van der Waals surface area contributed by atoms with E-state index in [-0.39, 0.29) is 25.1 Å². The highest BCUT2D eigenvalue weighted by atomic mass is 16.5. The van der Waals surface area contributed by atoms with Gasteiger partial charge in [-0.05, 0) is 52.2 Å². The molecular formula is C28H53N7O8. The minimum absolute atomic E-state index is 0.162. The van der Waals surface area contributed by atoms with Crippen LogP contribution in [0.4, 0.5) is 0 Å². The number of likely N-dealkylation sites (N-methyl/N-ethyl adjacent to an activating group) is 1. The highest BCUT2D eigenvalue weighted by molar-refractivity contribution is 5.81. The van der Waals surface area contributed by atoms with Gasteiger partial charge in [0, 0.05) is 43.7 Å². The van der Waals surface area contributed by atoms with Gasteiger partial charge in [-0.25, -0.2) is 0 Å². The van der Waals surface area contributed by atoms with Crippen molar-refractivity contribution in [2.24, 2.45) is 23.1 Å². The molecule has 248 valence electrons. The lowest BCUT2D eigenvalue weighted by Gasteiger charge is -2.51. The number of aliphatic hydroxyl groups excluding tert-OH is 4. The highest BCUT2D eigenvalue weighted by Gasteiger charge is 2.53. The number of hydrogen-bond donors (Lipinski definition) is 12. The highest BCUT2D eigenvalue weighted by Crippen LogP contribution is 2.37. The van der Waals surface area contributed by atoms with E-state index in [0.717, 1.165) is 0 Å². The second-order valence-electron chi connectivity index (χ2n) is 12.9. The first-order chi connectivity index (χ1) is 20.4. The molecule has 2 aliphatic carbocycles. The molecule has 2 saturated carbocycles. The van der Waals surface area contributed by atoms with Crippen LogP contribution in [0.2, 0.25) is 0 Å². The van der Waals surface area contributed by atoms with E-state index >= 15 is 0 Å². The van der Waals surface area contributed by atoms with Crippen LogP contribution in [-0.2, 0) is 14.3 Å². The summed E-state index contributed by atoms with van der Waals surface area (Å²) >= 11 is 0. The molecule has 0 radical (unpaired) electrons. The normalized spacial score (nSPS) is 44.4. The van der Waals surface area contributed by atoms with Gasteiger partial charge in [0.05, 0.1) is 48.6 Å². The number of β-amino-alcohol motifs (C(OH)–C–C–N with tert-alkyl or cyclic N) is 1. The number of carbonyl (C=O) groups excluding carboxylic acids is 1. The topological polar surface area (TPSA) is 263 Å². The van der Waals surface area contributed by atoms with Crippen molar-refractivity contribution in [3.8, 4) is 0 Å². The number of nitrogens with two attached hydrogens (primary N) is 3. The van der Waals surface area contributed by atoms with Crippen molar-refractivity contribution in [3.63, 3.8) is 0 Å². The third kappa shape index (κ3) is 8.04. The van der Waals surface area contributed by atoms with Crippen LogP contribution in [0.5, 0.6) is 0 Å². The van der Waals surface area contributed by atoms with Gasteiger partial charge in [-0.15, -0.1) is 0 Å². The van der Waals surface area contributed by atoms with Gasteiger partial charge in [0.2, 0.25) is 5.91 Å². The molecule has 0 aromatic carbocycles. The Morgan fingerprint density at radius 2 is 1.98 bits per heavy atom. The summed E-state index contributed by atoms with van der Waals surface area (Å²) in [5.74, 6) is -0.720. The fourth-order valence-electron chi connectivity index (χ4n) is 7.12. The van der Waals surface area contributed by atoms with Crippen molar-refractivity contribution in [1.29, 1.82) is 0 Å². The van der Waals surface area contributed by atoms with Crippen LogP contribution < -0.4 is 38.5 Å². The summed E-state index contributed by atoms with van der Waals surface area (Å²) in [5, 5.41) is 65.8. The molecule has 14 atom stereocenters. The van der Waals surface area contributed by atoms with Gasteiger partial charge >= 0.3 is 0 Å². The van der Waals surface area contributed by atoms with Gasteiger partial charge in [-0.2, -0.15) is 0 Å². The fraction of sp³-hybridized carbons (Fsp3) is 0.893. The summed E-state index contributed by atoms with van der Waals surface area (Å²) < 4.78 is 12.7. The van der Waals surface area contributed by atoms with E-state index in [1.54, 1.807) is 14.0 Å². The average Bonchev–Trinajstić information content (AvgIpc) is 3.37. The number of aliphatic hydroxyl groups is 5. The van der Waals surface area contributed by atoms with Crippen LogP contribution in [-0.4, -0.2) is 143 Å². The first-order valence-electron chi connectivity index (χ1n) is 15.4. The maximum absolute atomic E-state index is 12.6. The van der Waals surface area contributed by atoms with E-state index in [1.165, 1.54) is 0 Å². The zero-order valence-electron chi connectivity index (χ0n) is 25.1. The van der Waals surface area contributed by atoms with Crippen LogP contribution in [0.1, 0.15) is 39.0 Å². The molecule has 0 bridgehead atoms. The number of ether oxygens (including phenoxy) is 2. The Hall–Kier alpha value is -1.47. The number of rotatable bonds is 11. The summed E-state index contributed by atoms with van der Waals surface area (Å²) in [6.45, 7) is 3.02. The van der Waals surface area contributed by atoms with Gasteiger partial charge in [0.25, 0.3) is 0 Å². The van der Waals surface area contributed by atoms with E-state index in [9.17, 15) is 30.3 Å². The van der Waals surface area contributed by atoms with Crippen molar-refractivity contribution in [1.82, 2.24) is 21.3 Å². The molecule has 0 aromatic rings. The van der Waals surface area contributed by atoms with E-state index in [0.29, 0.717) is 51.1 Å². The number of hydrogen-bond acceptors (Lipinski definition) is 14. The number of carbonyl (C=O) groups is 1. The fourth-order valence-corrected chi connectivity index (χ4v) is 7.12. The molecule has 4 aliphatic rings. The molecule has 1 unspecified atom stereocenters. The quantitative estimate of drug-likeness (QED) is 0.104. The average molecular weight is 616 g/mol. The molecule has 4 rings (SSSR count). The van der Waals surface area contributed by atoms with Crippen LogP contribution in [0.3, 0.4) is 0 Å². The van der Waals surface area contributed by atoms with E-state index < -0.39 is 78.2 Å². The molecule has 15 heteroatoms. The second kappa shape index (κ2) is 14.7. The lowest BCUT2D eigenvalue weighted by atomic mass is 9.72. The molecule has 15 N–H and O–H groups in total.